The summed E-state index contributed by atoms with van der Waals surface area (Å²) in [6, 6.07) is 3.22. The Balaban J connectivity index is 2.25. The molecule has 2 rings (SSSR count). The summed E-state index contributed by atoms with van der Waals surface area (Å²) in [5.74, 6) is -0.0362. The molecule has 106 valence electrons. The van der Waals surface area contributed by atoms with Gasteiger partial charge in [-0.05, 0) is 19.1 Å². The standard InChI is InChI=1S/C13H17N5O2/c1-3-18(2)12(19)6-15-11-5-10-8(4-9(11)14)13(20)17-7-16-10/h4-5,7,15H,3,6,14H2,1-2H3,(H,16,17,20). The van der Waals surface area contributed by atoms with E-state index in [1.807, 2.05) is 6.92 Å². The number of nitrogens with zero attached hydrogens (tertiary/aromatic N) is 2. The van der Waals surface area contributed by atoms with Gasteiger partial charge in [-0.2, -0.15) is 0 Å². The van der Waals surface area contributed by atoms with Gasteiger partial charge < -0.3 is 20.9 Å². The summed E-state index contributed by atoms with van der Waals surface area (Å²) >= 11 is 0. The van der Waals surface area contributed by atoms with E-state index in [1.54, 1.807) is 24.1 Å². The highest BCUT2D eigenvalue weighted by atomic mass is 16.2. The minimum atomic E-state index is -0.241. The highest BCUT2D eigenvalue weighted by Crippen LogP contribution is 2.22. The number of hydrogen-bond donors (Lipinski definition) is 3. The number of H-pyrrole nitrogens is 1. The third-order valence-corrected chi connectivity index (χ3v) is 3.14. The van der Waals surface area contributed by atoms with Crippen LogP contribution in [0.25, 0.3) is 10.9 Å². The second-order valence-corrected chi connectivity index (χ2v) is 4.45. The number of nitrogens with one attached hydrogen (secondary N) is 2. The SMILES string of the molecule is CCN(C)C(=O)CNc1cc2nc[nH]c(=O)c2cc1N. The van der Waals surface area contributed by atoms with Crippen LogP contribution < -0.4 is 16.6 Å². The van der Waals surface area contributed by atoms with Crippen LogP contribution in [0.2, 0.25) is 0 Å². The molecule has 1 amide bonds. The number of rotatable bonds is 4. The van der Waals surface area contributed by atoms with Gasteiger partial charge in [0.1, 0.15) is 0 Å². The van der Waals surface area contributed by atoms with Crippen LogP contribution in [0.3, 0.4) is 0 Å². The number of nitrogens with two attached hydrogens (primary N) is 1. The van der Waals surface area contributed by atoms with Crippen LogP contribution in [0.15, 0.2) is 23.3 Å². The lowest BCUT2D eigenvalue weighted by Gasteiger charge is -2.16. The van der Waals surface area contributed by atoms with Crippen molar-refractivity contribution in [1.82, 2.24) is 14.9 Å². The van der Waals surface area contributed by atoms with Crippen molar-refractivity contribution in [3.8, 4) is 0 Å². The van der Waals surface area contributed by atoms with Crippen LogP contribution in [-0.2, 0) is 4.79 Å². The van der Waals surface area contributed by atoms with E-state index in [4.69, 9.17) is 5.73 Å². The molecule has 0 aliphatic carbocycles. The first-order chi connectivity index (χ1) is 9.52. The molecule has 0 atom stereocenters. The van der Waals surface area contributed by atoms with E-state index in [0.29, 0.717) is 28.8 Å². The Bertz CT molecular complexity index is 695. The molecule has 7 heteroatoms. The number of amides is 1. The van der Waals surface area contributed by atoms with Gasteiger partial charge in [-0.15, -0.1) is 0 Å². The quantitative estimate of drug-likeness (QED) is 0.700. The van der Waals surface area contributed by atoms with Crippen LogP contribution in [0.1, 0.15) is 6.92 Å². The molecule has 0 saturated heterocycles. The average molecular weight is 275 g/mol. The number of hydrogen-bond acceptors (Lipinski definition) is 5. The second kappa shape index (κ2) is 5.60. The summed E-state index contributed by atoms with van der Waals surface area (Å²) in [5.41, 5.74) is 7.17. The number of carbonyl (C=O) groups is 1. The fourth-order valence-corrected chi connectivity index (χ4v) is 1.77. The molecule has 0 bridgehead atoms. The van der Waals surface area contributed by atoms with Crippen molar-refractivity contribution in [1.29, 1.82) is 0 Å². The molecule has 0 unspecified atom stereocenters. The second-order valence-electron chi connectivity index (χ2n) is 4.45. The molecule has 1 heterocycles. The number of likely N-dealkylation sites (N-methyl/N-ethyl adjacent to an activating group) is 1. The van der Waals surface area contributed by atoms with Crippen molar-refractivity contribution < 1.29 is 4.79 Å². The number of anilines is 2. The summed E-state index contributed by atoms with van der Waals surface area (Å²) in [6.07, 6.45) is 1.33. The van der Waals surface area contributed by atoms with Crippen molar-refractivity contribution in [3.05, 3.63) is 28.8 Å². The third-order valence-electron chi connectivity index (χ3n) is 3.14. The fraction of sp³-hybridized carbons (Fsp3) is 0.308. The molecule has 20 heavy (non-hydrogen) atoms. The Morgan fingerprint density at radius 3 is 2.95 bits per heavy atom. The maximum absolute atomic E-state index is 11.7. The molecule has 0 radical (unpaired) electrons. The van der Waals surface area contributed by atoms with Gasteiger partial charge in [0, 0.05) is 13.6 Å². The summed E-state index contributed by atoms with van der Waals surface area (Å²) in [6.45, 7) is 2.69. The first-order valence-electron chi connectivity index (χ1n) is 6.27. The Kier molecular flexibility index (Phi) is 3.88. The molecule has 7 nitrogen and oxygen atoms in total. The summed E-state index contributed by atoms with van der Waals surface area (Å²) in [5, 5.41) is 3.39. The minimum absolute atomic E-state index is 0.0362. The van der Waals surface area contributed by atoms with Crippen molar-refractivity contribution in [2.75, 3.05) is 31.2 Å². The largest absolute Gasteiger partial charge is 0.397 e. The summed E-state index contributed by atoms with van der Waals surface area (Å²) < 4.78 is 0. The Labute approximate surface area is 115 Å². The van der Waals surface area contributed by atoms with Crippen molar-refractivity contribution >= 4 is 28.2 Å². The van der Waals surface area contributed by atoms with E-state index in [1.165, 1.54) is 6.33 Å². The number of carbonyl (C=O) groups excluding carboxylic acids is 1. The smallest absolute Gasteiger partial charge is 0.258 e. The first-order valence-corrected chi connectivity index (χ1v) is 6.27. The van der Waals surface area contributed by atoms with Crippen LogP contribution in [0.4, 0.5) is 11.4 Å². The molecule has 0 spiro atoms. The highest BCUT2D eigenvalue weighted by molar-refractivity contribution is 5.89. The fourth-order valence-electron chi connectivity index (χ4n) is 1.77. The topological polar surface area (TPSA) is 104 Å². The first kappa shape index (κ1) is 13.9. The van der Waals surface area contributed by atoms with Gasteiger partial charge in [0.25, 0.3) is 5.56 Å². The van der Waals surface area contributed by atoms with E-state index >= 15 is 0 Å². The molecule has 4 N–H and O–H groups in total. The number of aromatic amines is 1. The summed E-state index contributed by atoms with van der Waals surface area (Å²) in [7, 11) is 1.73. The van der Waals surface area contributed by atoms with Crippen molar-refractivity contribution in [3.63, 3.8) is 0 Å². The monoisotopic (exact) mass is 275 g/mol. The number of benzene rings is 1. The zero-order valence-corrected chi connectivity index (χ0v) is 11.4. The van der Waals surface area contributed by atoms with Crippen LogP contribution in [0.5, 0.6) is 0 Å². The Hall–Kier alpha value is -2.57. The molecular formula is C13H17N5O2. The summed E-state index contributed by atoms with van der Waals surface area (Å²) in [4.78, 5) is 31.5. The Morgan fingerprint density at radius 1 is 1.50 bits per heavy atom. The van der Waals surface area contributed by atoms with Crippen molar-refractivity contribution in [2.24, 2.45) is 0 Å². The van der Waals surface area contributed by atoms with Crippen LogP contribution >= 0.6 is 0 Å². The number of aromatic nitrogens is 2. The lowest BCUT2D eigenvalue weighted by atomic mass is 10.2. The predicted molar refractivity (Wildman–Crippen MR) is 78.6 cm³/mol. The molecule has 1 aromatic carbocycles. The molecule has 2 aromatic rings. The van der Waals surface area contributed by atoms with Gasteiger partial charge in [-0.25, -0.2) is 4.98 Å². The Morgan fingerprint density at radius 2 is 2.25 bits per heavy atom. The van der Waals surface area contributed by atoms with Gasteiger partial charge in [-0.1, -0.05) is 0 Å². The molecule has 1 aromatic heterocycles. The average Bonchev–Trinajstić information content (AvgIpc) is 2.45. The molecule has 0 saturated carbocycles. The number of fused-ring (bicyclic) bond motifs is 1. The normalized spacial score (nSPS) is 10.5. The van der Waals surface area contributed by atoms with E-state index in [9.17, 15) is 9.59 Å². The van der Waals surface area contributed by atoms with Gasteiger partial charge in [-0.3, -0.25) is 9.59 Å². The minimum Gasteiger partial charge on any atom is -0.397 e. The van der Waals surface area contributed by atoms with Crippen molar-refractivity contribution in [2.45, 2.75) is 6.92 Å². The molecule has 0 fully saturated rings. The molecule has 0 aliphatic heterocycles. The van der Waals surface area contributed by atoms with E-state index in [0.717, 1.165) is 0 Å². The van der Waals surface area contributed by atoms with E-state index in [-0.39, 0.29) is 18.0 Å². The predicted octanol–water partition coefficient (Wildman–Crippen LogP) is 0.395. The zero-order chi connectivity index (χ0) is 14.7. The number of nitrogen functional groups attached to an aromatic ring is 1. The lowest BCUT2D eigenvalue weighted by molar-refractivity contribution is -0.127. The maximum Gasteiger partial charge on any atom is 0.258 e. The maximum atomic E-state index is 11.7. The van der Waals surface area contributed by atoms with Crippen LogP contribution in [0, 0.1) is 0 Å². The van der Waals surface area contributed by atoms with Crippen LogP contribution in [-0.4, -0.2) is 40.9 Å². The van der Waals surface area contributed by atoms with E-state index in [2.05, 4.69) is 15.3 Å². The molecule has 0 aliphatic rings. The van der Waals surface area contributed by atoms with Gasteiger partial charge in [0.05, 0.1) is 35.1 Å². The third kappa shape index (κ3) is 2.71. The lowest BCUT2D eigenvalue weighted by Crippen LogP contribution is -2.32. The molecular weight excluding hydrogens is 258 g/mol. The van der Waals surface area contributed by atoms with Gasteiger partial charge in [0.2, 0.25) is 5.91 Å². The zero-order valence-electron chi connectivity index (χ0n) is 11.4. The van der Waals surface area contributed by atoms with Gasteiger partial charge in [0.15, 0.2) is 0 Å². The van der Waals surface area contributed by atoms with E-state index < -0.39 is 0 Å². The van der Waals surface area contributed by atoms with Gasteiger partial charge >= 0.3 is 0 Å². The highest BCUT2D eigenvalue weighted by Gasteiger charge is 2.09.